The van der Waals surface area contributed by atoms with Crippen molar-refractivity contribution in [1.82, 2.24) is 24.1 Å². The molecule has 1 aromatic heterocycles. The molecule has 182 valence electrons. The number of aromatic nitrogens is 2. The van der Waals surface area contributed by atoms with Gasteiger partial charge in [-0.1, -0.05) is 30.3 Å². The lowest BCUT2D eigenvalue weighted by Crippen LogP contribution is -2.48. The highest BCUT2D eigenvalue weighted by Gasteiger charge is 2.29. The molecule has 0 aliphatic carbocycles. The Morgan fingerprint density at radius 1 is 0.971 bits per heavy atom. The Hall–Kier alpha value is -2.59. The van der Waals surface area contributed by atoms with Crippen LogP contribution in [0.15, 0.2) is 53.4 Å². The zero-order valence-electron chi connectivity index (χ0n) is 20.2. The van der Waals surface area contributed by atoms with Gasteiger partial charge < -0.3 is 10.2 Å². The second-order valence-corrected chi connectivity index (χ2v) is 10.9. The fourth-order valence-electron chi connectivity index (χ4n) is 4.25. The number of fused-ring (bicyclic) bond motifs is 1. The normalized spacial score (nSPS) is 15.8. The van der Waals surface area contributed by atoms with E-state index in [1.165, 1.54) is 0 Å². The first-order chi connectivity index (χ1) is 16.3. The molecule has 1 saturated heterocycles. The zero-order chi connectivity index (χ0) is 24.1. The molecule has 1 aliphatic heterocycles. The van der Waals surface area contributed by atoms with Gasteiger partial charge in [0.2, 0.25) is 10.0 Å². The van der Waals surface area contributed by atoms with Gasteiger partial charge in [0.15, 0.2) is 0 Å². The van der Waals surface area contributed by atoms with Gasteiger partial charge in [-0.2, -0.15) is 4.31 Å². The van der Waals surface area contributed by atoms with Crippen LogP contribution in [-0.2, 0) is 16.6 Å². The molecular formula is C25H34N6O2S. The first-order valence-electron chi connectivity index (χ1n) is 11.8. The summed E-state index contributed by atoms with van der Waals surface area (Å²) in [6.45, 7) is 6.49. The van der Waals surface area contributed by atoms with E-state index in [2.05, 4.69) is 29.2 Å². The van der Waals surface area contributed by atoms with E-state index in [1.807, 2.05) is 43.3 Å². The summed E-state index contributed by atoms with van der Waals surface area (Å²) in [6, 6.07) is 15.2. The summed E-state index contributed by atoms with van der Waals surface area (Å²) in [6.07, 6.45) is 1.03. The van der Waals surface area contributed by atoms with Gasteiger partial charge in [0.05, 0.1) is 17.0 Å². The number of hydrogen-bond acceptors (Lipinski definition) is 7. The molecular weight excluding hydrogens is 448 g/mol. The molecule has 0 unspecified atom stereocenters. The maximum absolute atomic E-state index is 13.1. The van der Waals surface area contributed by atoms with Crippen molar-refractivity contribution in [3.8, 4) is 0 Å². The van der Waals surface area contributed by atoms with Crippen molar-refractivity contribution >= 4 is 26.7 Å². The van der Waals surface area contributed by atoms with Gasteiger partial charge in [0, 0.05) is 38.1 Å². The Morgan fingerprint density at radius 3 is 2.41 bits per heavy atom. The van der Waals surface area contributed by atoms with Crippen molar-refractivity contribution in [1.29, 1.82) is 0 Å². The van der Waals surface area contributed by atoms with Crippen LogP contribution in [0.1, 0.15) is 17.8 Å². The van der Waals surface area contributed by atoms with Gasteiger partial charge in [0.25, 0.3) is 0 Å². The van der Waals surface area contributed by atoms with Gasteiger partial charge in [-0.3, -0.25) is 4.90 Å². The first kappa shape index (κ1) is 24.5. The molecule has 0 saturated carbocycles. The van der Waals surface area contributed by atoms with E-state index in [9.17, 15) is 8.42 Å². The van der Waals surface area contributed by atoms with Gasteiger partial charge >= 0.3 is 0 Å². The van der Waals surface area contributed by atoms with Crippen molar-refractivity contribution in [2.24, 2.45) is 0 Å². The predicted octanol–water partition coefficient (Wildman–Crippen LogP) is 2.81. The number of anilines is 1. The lowest BCUT2D eigenvalue weighted by Gasteiger charge is -2.33. The number of piperazine rings is 1. The van der Waals surface area contributed by atoms with Crippen LogP contribution in [0.2, 0.25) is 0 Å². The molecule has 9 heteroatoms. The molecule has 8 nitrogen and oxygen atoms in total. The zero-order valence-corrected chi connectivity index (χ0v) is 21.1. The number of nitrogens with one attached hydrogen (secondary N) is 1. The highest BCUT2D eigenvalue weighted by atomic mass is 32.2. The van der Waals surface area contributed by atoms with Crippen LogP contribution in [0, 0.1) is 6.92 Å². The molecule has 2 aromatic carbocycles. The molecule has 0 atom stereocenters. The molecule has 2 heterocycles. The maximum atomic E-state index is 13.1. The number of para-hydroxylation sites is 1. The van der Waals surface area contributed by atoms with E-state index >= 15 is 0 Å². The van der Waals surface area contributed by atoms with Crippen LogP contribution in [-0.4, -0.2) is 85.9 Å². The van der Waals surface area contributed by atoms with Gasteiger partial charge in [0.1, 0.15) is 11.6 Å². The molecule has 34 heavy (non-hydrogen) atoms. The monoisotopic (exact) mass is 482 g/mol. The van der Waals surface area contributed by atoms with Crippen molar-refractivity contribution in [2.75, 3.05) is 58.7 Å². The number of benzene rings is 2. The minimum absolute atomic E-state index is 0.395. The van der Waals surface area contributed by atoms with E-state index in [4.69, 9.17) is 9.97 Å². The SMILES string of the molecule is Cc1ccccc1S(=O)(=O)N1CCN(Cc2nc(NCCCN(C)C)c3ccccc3n2)CC1. The summed E-state index contributed by atoms with van der Waals surface area (Å²) < 4.78 is 27.8. The molecule has 0 spiro atoms. The molecule has 4 rings (SSSR count). The minimum Gasteiger partial charge on any atom is -0.369 e. The largest absolute Gasteiger partial charge is 0.369 e. The van der Waals surface area contributed by atoms with Crippen LogP contribution >= 0.6 is 0 Å². The van der Waals surface area contributed by atoms with Crippen LogP contribution < -0.4 is 5.32 Å². The van der Waals surface area contributed by atoms with Gasteiger partial charge in [-0.15, -0.1) is 0 Å². The highest BCUT2D eigenvalue weighted by Crippen LogP contribution is 2.23. The smallest absolute Gasteiger partial charge is 0.243 e. The number of rotatable bonds is 9. The summed E-state index contributed by atoms with van der Waals surface area (Å²) in [5.41, 5.74) is 1.70. The van der Waals surface area contributed by atoms with E-state index in [0.29, 0.717) is 37.6 Å². The van der Waals surface area contributed by atoms with Crippen molar-refractivity contribution < 1.29 is 8.42 Å². The molecule has 0 radical (unpaired) electrons. The average Bonchev–Trinajstić information content (AvgIpc) is 2.82. The fraction of sp³-hybridized carbons (Fsp3) is 0.440. The van der Waals surface area contributed by atoms with Crippen molar-refractivity contribution in [2.45, 2.75) is 24.8 Å². The summed E-state index contributed by atoms with van der Waals surface area (Å²) in [7, 11) is 0.666. The summed E-state index contributed by atoms with van der Waals surface area (Å²) in [5.74, 6) is 1.61. The van der Waals surface area contributed by atoms with Crippen LogP contribution in [0.3, 0.4) is 0 Å². The predicted molar refractivity (Wildman–Crippen MR) is 136 cm³/mol. The topological polar surface area (TPSA) is 81.7 Å². The third kappa shape index (κ3) is 5.72. The Balaban J connectivity index is 1.43. The number of nitrogens with zero attached hydrogens (tertiary/aromatic N) is 5. The lowest BCUT2D eigenvalue weighted by molar-refractivity contribution is 0.178. The number of aryl methyl sites for hydroxylation is 1. The third-order valence-electron chi connectivity index (χ3n) is 6.13. The van der Waals surface area contributed by atoms with Crippen LogP contribution in [0.25, 0.3) is 10.9 Å². The van der Waals surface area contributed by atoms with Gasteiger partial charge in [-0.25, -0.2) is 18.4 Å². The summed E-state index contributed by atoms with van der Waals surface area (Å²) >= 11 is 0. The van der Waals surface area contributed by atoms with E-state index < -0.39 is 10.0 Å². The van der Waals surface area contributed by atoms with E-state index in [-0.39, 0.29) is 0 Å². The Labute approximate surface area is 202 Å². The van der Waals surface area contributed by atoms with Crippen molar-refractivity contribution in [3.05, 3.63) is 59.9 Å². The molecule has 3 aromatic rings. The number of hydrogen-bond donors (Lipinski definition) is 1. The molecule has 1 aliphatic rings. The Morgan fingerprint density at radius 2 is 1.68 bits per heavy atom. The van der Waals surface area contributed by atoms with Gasteiger partial charge in [-0.05, 0) is 57.7 Å². The summed E-state index contributed by atoms with van der Waals surface area (Å²) in [5, 5.41) is 4.51. The Kier molecular flexibility index (Phi) is 7.77. The second-order valence-electron chi connectivity index (χ2n) is 9.03. The quantitative estimate of drug-likeness (QED) is 0.470. The van der Waals surface area contributed by atoms with Crippen molar-refractivity contribution in [3.63, 3.8) is 0 Å². The standard InChI is InChI=1S/C25H34N6O2S/c1-20-9-4-7-12-23(20)34(32,33)31-17-15-30(16-18-31)19-24-27-22-11-6-5-10-21(22)25(28-24)26-13-8-14-29(2)3/h4-7,9-12H,8,13-19H2,1-3H3,(H,26,27,28). The molecule has 0 amide bonds. The third-order valence-corrected chi connectivity index (χ3v) is 8.19. The first-order valence-corrected chi connectivity index (χ1v) is 13.2. The summed E-state index contributed by atoms with van der Waals surface area (Å²) in [4.78, 5) is 14.4. The van der Waals surface area contributed by atoms with E-state index in [0.717, 1.165) is 47.6 Å². The van der Waals surface area contributed by atoms with Crippen LogP contribution in [0.4, 0.5) is 5.82 Å². The van der Waals surface area contributed by atoms with Crippen LogP contribution in [0.5, 0.6) is 0 Å². The fourth-order valence-corrected chi connectivity index (χ4v) is 5.89. The molecule has 1 fully saturated rings. The minimum atomic E-state index is -3.48. The highest BCUT2D eigenvalue weighted by molar-refractivity contribution is 7.89. The number of sulfonamides is 1. The average molecular weight is 483 g/mol. The molecule has 1 N–H and O–H groups in total. The van der Waals surface area contributed by atoms with E-state index in [1.54, 1.807) is 16.4 Å². The molecule has 0 bridgehead atoms. The second kappa shape index (κ2) is 10.8. The Bertz CT molecular complexity index is 1220. The lowest BCUT2D eigenvalue weighted by atomic mass is 10.2. The maximum Gasteiger partial charge on any atom is 0.243 e.